The summed E-state index contributed by atoms with van der Waals surface area (Å²) in [6.45, 7) is 0.203. The summed E-state index contributed by atoms with van der Waals surface area (Å²) >= 11 is 0. The first-order valence-electron chi connectivity index (χ1n) is 8.85. The summed E-state index contributed by atoms with van der Waals surface area (Å²) in [5, 5.41) is 18.2. The number of amides is 1. The van der Waals surface area contributed by atoms with Crippen molar-refractivity contribution < 1.29 is 9.90 Å². The Labute approximate surface area is 152 Å². The molecular formula is C21H21N3O2. The first-order valence-corrected chi connectivity index (χ1v) is 8.85. The van der Waals surface area contributed by atoms with E-state index < -0.39 is 5.60 Å². The lowest BCUT2D eigenvalue weighted by molar-refractivity contribution is 0.0189. The summed E-state index contributed by atoms with van der Waals surface area (Å²) in [4.78, 5) is 12.6. The lowest BCUT2D eigenvalue weighted by Gasteiger charge is -2.34. The van der Waals surface area contributed by atoms with Crippen molar-refractivity contribution in [1.82, 2.24) is 15.1 Å². The van der Waals surface area contributed by atoms with Gasteiger partial charge in [-0.15, -0.1) is 0 Å². The van der Waals surface area contributed by atoms with Gasteiger partial charge in [0, 0.05) is 18.0 Å². The number of rotatable bonds is 4. The van der Waals surface area contributed by atoms with Crippen molar-refractivity contribution in [2.24, 2.45) is 0 Å². The van der Waals surface area contributed by atoms with E-state index in [1.807, 2.05) is 42.6 Å². The van der Waals surface area contributed by atoms with Crippen LogP contribution in [0.15, 0.2) is 67.0 Å². The molecule has 0 bridgehead atoms. The molecule has 5 nitrogen and oxygen atoms in total. The number of aliphatic hydroxyl groups is 1. The van der Waals surface area contributed by atoms with E-state index in [9.17, 15) is 9.90 Å². The average Bonchev–Trinajstić information content (AvgIpc) is 3.22. The standard InChI is InChI=1S/C21H21N3O2/c25-20(17-7-3-9-18(14-17)24-13-5-12-23-24)22-15-21(26)11-4-8-16-6-1-2-10-19(16)21/h1-3,5-7,9-10,12-14,26H,4,8,11,15H2,(H,22,25). The van der Waals surface area contributed by atoms with Crippen LogP contribution in [0.2, 0.25) is 0 Å². The number of carbonyl (C=O) groups excluding carboxylic acids is 1. The highest BCUT2D eigenvalue weighted by molar-refractivity contribution is 5.94. The van der Waals surface area contributed by atoms with Crippen molar-refractivity contribution in [3.05, 3.63) is 83.7 Å². The molecule has 0 saturated carbocycles. The fourth-order valence-electron chi connectivity index (χ4n) is 3.62. The lowest BCUT2D eigenvalue weighted by Crippen LogP contribution is -2.43. The molecule has 1 aliphatic carbocycles. The fraction of sp³-hybridized carbons (Fsp3) is 0.238. The molecule has 2 N–H and O–H groups in total. The van der Waals surface area contributed by atoms with Gasteiger partial charge in [0.05, 0.1) is 12.2 Å². The Hall–Kier alpha value is -2.92. The minimum Gasteiger partial charge on any atom is -0.383 e. The summed E-state index contributed by atoms with van der Waals surface area (Å²) in [7, 11) is 0. The van der Waals surface area contributed by atoms with Crippen molar-refractivity contribution in [3.8, 4) is 5.69 Å². The smallest absolute Gasteiger partial charge is 0.251 e. The van der Waals surface area contributed by atoms with Crippen molar-refractivity contribution in [2.75, 3.05) is 6.54 Å². The third kappa shape index (κ3) is 3.13. The molecule has 0 saturated heterocycles. The van der Waals surface area contributed by atoms with E-state index >= 15 is 0 Å². The van der Waals surface area contributed by atoms with Gasteiger partial charge < -0.3 is 10.4 Å². The van der Waals surface area contributed by atoms with Crippen molar-refractivity contribution in [2.45, 2.75) is 24.9 Å². The second kappa shape index (κ2) is 6.77. The van der Waals surface area contributed by atoms with Crippen LogP contribution in [0.4, 0.5) is 0 Å². The second-order valence-corrected chi connectivity index (χ2v) is 6.73. The van der Waals surface area contributed by atoms with Crippen LogP contribution in [0.25, 0.3) is 5.69 Å². The first kappa shape index (κ1) is 16.5. The molecule has 1 atom stereocenters. The second-order valence-electron chi connectivity index (χ2n) is 6.73. The molecule has 3 aromatic rings. The molecule has 132 valence electrons. The summed E-state index contributed by atoms with van der Waals surface area (Å²) < 4.78 is 1.71. The van der Waals surface area contributed by atoms with E-state index in [0.717, 1.165) is 29.7 Å². The quantitative estimate of drug-likeness (QED) is 0.763. The van der Waals surface area contributed by atoms with Gasteiger partial charge in [0.1, 0.15) is 5.60 Å². The number of benzene rings is 2. The maximum absolute atomic E-state index is 12.6. The van der Waals surface area contributed by atoms with Crippen LogP contribution in [0, 0.1) is 0 Å². The Morgan fingerprint density at radius 2 is 2.08 bits per heavy atom. The molecule has 2 aromatic carbocycles. The third-order valence-electron chi connectivity index (χ3n) is 4.97. The van der Waals surface area contributed by atoms with Crippen molar-refractivity contribution in [1.29, 1.82) is 0 Å². The van der Waals surface area contributed by atoms with E-state index in [-0.39, 0.29) is 12.5 Å². The zero-order chi connectivity index (χ0) is 18.0. The van der Waals surface area contributed by atoms with E-state index in [1.54, 1.807) is 23.0 Å². The van der Waals surface area contributed by atoms with Gasteiger partial charge in [-0.25, -0.2) is 4.68 Å². The van der Waals surface area contributed by atoms with E-state index in [2.05, 4.69) is 16.5 Å². The highest BCUT2D eigenvalue weighted by Crippen LogP contribution is 2.34. The van der Waals surface area contributed by atoms with Crippen LogP contribution >= 0.6 is 0 Å². The Kier molecular flexibility index (Phi) is 4.31. The zero-order valence-corrected chi connectivity index (χ0v) is 14.4. The summed E-state index contributed by atoms with van der Waals surface area (Å²) in [5.41, 5.74) is 2.45. The van der Waals surface area contributed by atoms with Gasteiger partial charge in [0.2, 0.25) is 0 Å². The third-order valence-corrected chi connectivity index (χ3v) is 4.97. The Morgan fingerprint density at radius 3 is 2.92 bits per heavy atom. The molecule has 26 heavy (non-hydrogen) atoms. The van der Waals surface area contributed by atoms with E-state index in [4.69, 9.17) is 0 Å². The van der Waals surface area contributed by atoms with Gasteiger partial charge in [-0.1, -0.05) is 30.3 Å². The number of fused-ring (bicyclic) bond motifs is 1. The average molecular weight is 347 g/mol. The number of nitrogens with zero attached hydrogens (tertiary/aromatic N) is 2. The molecule has 1 aliphatic rings. The molecule has 1 heterocycles. The molecule has 1 amide bonds. The number of aromatic nitrogens is 2. The molecule has 5 heteroatoms. The van der Waals surface area contributed by atoms with Gasteiger partial charge in [-0.2, -0.15) is 5.10 Å². The van der Waals surface area contributed by atoms with Gasteiger partial charge in [-0.3, -0.25) is 4.79 Å². The predicted octanol–water partition coefficient (Wildman–Crippen LogP) is 2.83. The van der Waals surface area contributed by atoms with Crippen LogP contribution in [0.5, 0.6) is 0 Å². The Bertz CT molecular complexity index is 921. The summed E-state index contributed by atoms with van der Waals surface area (Å²) in [6, 6.07) is 17.1. The first-order chi connectivity index (χ1) is 12.7. The fourth-order valence-corrected chi connectivity index (χ4v) is 3.62. The topological polar surface area (TPSA) is 67.2 Å². The number of hydrogen-bond donors (Lipinski definition) is 2. The normalized spacial score (nSPS) is 19.0. The van der Waals surface area contributed by atoms with Crippen LogP contribution in [-0.4, -0.2) is 27.3 Å². The van der Waals surface area contributed by atoms with E-state index in [1.165, 1.54) is 0 Å². The SMILES string of the molecule is O=C(NCC1(O)CCCc2ccccc21)c1cccc(-n2cccn2)c1. The maximum atomic E-state index is 12.6. The molecule has 1 unspecified atom stereocenters. The Morgan fingerprint density at radius 1 is 1.19 bits per heavy atom. The maximum Gasteiger partial charge on any atom is 0.251 e. The van der Waals surface area contributed by atoms with Crippen LogP contribution in [0.1, 0.15) is 34.3 Å². The highest BCUT2D eigenvalue weighted by Gasteiger charge is 2.34. The van der Waals surface area contributed by atoms with Crippen LogP contribution < -0.4 is 5.32 Å². The van der Waals surface area contributed by atoms with Crippen molar-refractivity contribution in [3.63, 3.8) is 0 Å². The zero-order valence-electron chi connectivity index (χ0n) is 14.4. The highest BCUT2D eigenvalue weighted by atomic mass is 16.3. The molecule has 0 fully saturated rings. The largest absolute Gasteiger partial charge is 0.383 e. The predicted molar refractivity (Wildman–Crippen MR) is 99.2 cm³/mol. The Balaban J connectivity index is 1.51. The monoisotopic (exact) mass is 347 g/mol. The van der Waals surface area contributed by atoms with Gasteiger partial charge in [0.15, 0.2) is 0 Å². The number of nitrogens with one attached hydrogen (secondary N) is 1. The summed E-state index contributed by atoms with van der Waals surface area (Å²) in [5.74, 6) is -0.199. The van der Waals surface area contributed by atoms with Gasteiger partial charge in [-0.05, 0) is 54.7 Å². The van der Waals surface area contributed by atoms with Crippen molar-refractivity contribution >= 4 is 5.91 Å². The number of aryl methyl sites for hydroxylation is 1. The molecule has 1 aromatic heterocycles. The number of hydrogen-bond acceptors (Lipinski definition) is 3. The van der Waals surface area contributed by atoms with Crippen LogP contribution in [0.3, 0.4) is 0 Å². The molecule has 0 spiro atoms. The molecule has 0 aliphatic heterocycles. The molecule has 0 radical (unpaired) electrons. The summed E-state index contributed by atoms with van der Waals surface area (Å²) in [6.07, 6.45) is 6.07. The van der Waals surface area contributed by atoms with Gasteiger partial charge in [0.25, 0.3) is 5.91 Å². The van der Waals surface area contributed by atoms with E-state index in [0.29, 0.717) is 12.0 Å². The molecule has 4 rings (SSSR count). The lowest BCUT2D eigenvalue weighted by atomic mass is 9.79. The van der Waals surface area contributed by atoms with Crippen LogP contribution in [-0.2, 0) is 12.0 Å². The minimum atomic E-state index is -1.01. The molecular weight excluding hydrogens is 326 g/mol. The number of carbonyl (C=O) groups is 1. The van der Waals surface area contributed by atoms with Gasteiger partial charge >= 0.3 is 0 Å². The minimum absolute atomic E-state index is 0.199.